The molecule has 0 aliphatic rings. The lowest BCUT2D eigenvalue weighted by Crippen LogP contribution is -2.13. The number of aliphatic hydroxyl groups excluding tert-OH is 1. The lowest BCUT2D eigenvalue weighted by atomic mass is 10.2. The van der Waals surface area contributed by atoms with Crippen molar-refractivity contribution in [3.63, 3.8) is 0 Å². The number of para-hydroxylation sites is 1. The second kappa shape index (κ2) is 6.36. The van der Waals surface area contributed by atoms with Gasteiger partial charge in [0.25, 0.3) is 0 Å². The van der Waals surface area contributed by atoms with E-state index in [0.717, 1.165) is 16.6 Å². The van der Waals surface area contributed by atoms with E-state index in [4.69, 9.17) is 0 Å². The van der Waals surface area contributed by atoms with Gasteiger partial charge in [-0.15, -0.1) is 11.3 Å². The first-order chi connectivity index (χ1) is 8.74. The summed E-state index contributed by atoms with van der Waals surface area (Å²) in [4.78, 5) is 2.52. The molecule has 0 saturated heterocycles. The number of hydrogen-bond donors (Lipinski definition) is 2. The summed E-state index contributed by atoms with van der Waals surface area (Å²) in [6.07, 6.45) is 1.04. The molecule has 1 aromatic heterocycles. The van der Waals surface area contributed by atoms with Gasteiger partial charge in [0, 0.05) is 19.9 Å². The Morgan fingerprint density at radius 3 is 2.67 bits per heavy atom. The van der Waals surface area contributed by atoms with Crippen molar-refractivity contribution < 1.29 is 5.11 Å². The van der Waals surface area contributed by atoms with Crippen molar-refractivity contribution in [2.45, 2.75) is 19.4 Å². The zero-order valence-electron chi connectivity index (χ0n) is 10.2. The molecule has 0 amide bonds. The molecule has 1 atom stereocenters. The van der Waals surface area contributed by atoms with Gasteiger partial charge in [-0.2, -0.15) is 0 Å². The second-order valence-corrected chi connectivity index (χ2v) is 6.07. The van der Waals surface area contributed by atoms with Crippen LogP contribution in [-0.4, -0.2) is 11.7 Å². The second-order valence-electron chi connectivity index (χ2n) is 4.02. The summed E-state index contributed by atoms with van der Waals surface area (Å²) in [5.74, 6) is 0. The van der Waals surface area contributed by atoms with E-state index in [-0.39, 0.29) is 12.6 Å². The minimum absolute atomic E-state index is 0.0472. The fraction of sp³-hybridized carbons (Fsp3) is 0.286. The standard InChI is InChI=1S/C14H16BrNOS/c1-2-10-7-8-14(18-10)13(9-17)16-12-6-4-3-5-11(12)15/h3-8,13,16-17H,2,9H2,1H3. The van der Waals surface area contributed by atoms with Crippen molar-refractivity contribution in [3.05, 3.63) is 50.6 Å². The minimum atomic E-state index is -0.0472. The first kappa shape index (κ1) is 13.6. The van der Waals surface area contributed by atoms with Gasteiger partial charge < -0.3 is 10.4 Å². The van der Waals surface area contributed by atoms with Gasteiger partial charge in [0.05, 0.1) is 12.6 Å². The van der Waals surface area contributed by atoms with Crippen molar-refractivity contribution in [1.82, 2.24) is 0 Å². The third-order valence-corrected chi connectivity index (χ3v) is 4.80. The van der Waals surface area contributed by atoms with Gasteiger partial charge in [-0.25, -0.2) is 0 Å². The minimum Gasteiger partial charge on any atom is -0.394 e. The first-order valence-electron chi connectivity index (χ1n) is 5.95. The predicted molar refractivity (Wildman–Crippen MR) is 81.3 cm³/mol. The van der Waals surface area contributed by atoms with Gasteiger partial charge in [0.15, 0.2) is 0 Å². The van der Waals surface area contributed by atoms with Crippen molar-refractivity contribution >= 4 is 33.0 Å². The number of anilines is 1. The van der Waals surface area contributed by atoms with E-state index in [1.54, 1.807) is 11.3 Å². The number of nitrogens with one attached hydrogen (secondary N) is 1. The van der Waals surface area contributed by atoms with E-state index < -0.39 is 0 Å². The summed E-state index contributed by atoms with van der Waals surface area (Å²) < 4.78 is 1.01. The quantitative estimate of drug-likeness (QED) is 0.862. The number of benzene rings is 1. The van der Waals surface area contributed by atoms with E-state index in [0.29, 0.717) is 0 Å². The van der Waals surface area contributed by atoms with Crippen LogP contribution >= 0.6 is 27.3 Å². The van der Waals surface area contributed by atoms with Crippen LogP contribution in [0.1, 0.15) is 22.7 Å². The van der Waals surface area contributed by atoms with Crippen LogP contribution in [0.5, 0.6) is 0 Å². The van der Waals surface area contributed by atoms with Gasteiger partial charge >= 0.3 is 0 Å². The molecular formula is C14H16BrNOS. The molecule has 0 bridgehead atoms. The van der Waals surface area contributed by atoms with E-state index in [2.05, 4.69) is 40.3 Å². The fourth-order valence-corrected chi connectivity index (χ4v) is 3.14. The molecular weight excluding hydrogens is 310 g/mol. The maximum Gasteiger partial charge on any atom is 0.0838 e. The molecule has 2 rings (SSSR count). The Labute approximate surface area is 120 Å². The summed E-state index contributed by atoms with van der Waals surface area (Å²) in [6, 6.07) is 12.1. The Morgan fingerprint density at radius 2 is 2.06 bits per heavy atom. The van der Waals surface area contributed by atoms with Crippen LogP contribution in [0.4, 0.5) is 5.69 Å². The highest BCUT2D eigenvalue weighted by atomic mass is 79.9. The predicted octanol–water partition coefficient (Wildman–Crippen LogP) is 4.22. The summed E-state index contributed by atoms with van der Waals surface area (Å²) >= 11 is 5.26. The highest BCUT2D eigenvalue weighted by Crippen LogP contribution is 2.29. The molecule has 2 nitrogen and oxygen atoms in total. The molecule has 1 aromatic carbocycles. The van der Waals surface area contributed by atoms with Crippen molar-refractivity contribution in [2.75, 3.05) is 11.9 Å². The number of hydrogen-bond acceptors (Lipinski definition) is 3. The molecule has 1 heterocycles. The third kappa shape index (κ3) is 3.13. The van der Waals surface area contributed by atoms with Gasteiger partial charge in [0.1, 0.15) is 0 Å². The molecule has 0 spiro atoms. The van der Waals surface area contributed by atoms with Crippen LogP contribution in [0.3, 0.4) is 0 Å². The summed E-state index contributed by atoms with van der Waals surface area (Å²) in [6.45, 7) is 2.23. The van der Waals surface area contributed by atoms with Crippen LogP contribution < -0.4 is 5.32 Å². The van der Waals surface area contributed by atoms with E-state index in [1.807, 2.05) is 24.3 Å². The third-order valence-electron chi connectivity index (χ3n) is 2.76. The summed E-state index contributed by atoms with van der Waals surface area (Å²) in [5.41, 5.74) is 1.00. The molecule has 4 heteroatoms. The van der Waals surface area contributed by atoms with Gasteiger partial charge in [-0.05, 0) is 46.6 Å². The van der Waals surface area contributed by atoms with Crippen LogP contribution in [-0.2, 0) is 6.42 Å². The highest BCUT2D eigenvalue weighted by molar-refractivity contribution is 9.10. The van der Waals surface area contributed by atoms with Crippen LogP contribution in [0.15, 0.2) is 40.9 Å². The van der Waals surface area contributed by atoms with Crippen molar-refractivity contribution in [1.29, 1.82) is 0 Å². The average molecular weight is 326 g/mol. The SMILES string of the molecule is CCc1ccc(C(CO)Nc2ccccc2Br)s1. The summed E-state index contributed by atoms with van der Waals surface area (Å²) in [7, 11) is 0. The fourth-order valence-electron chi connectivity index (χ4n) is 1.74. The Morgan fingerprint density at radius 1 is 1.28 bits per heavy atom. The Balaban J connectivity index is 2.17. The van der Waals surface area contributed by atoms with E-state index in [1.165, 1.54) is 9.75 Å². The molecule has 0 radical (unpaired) electrons. The van der Waals surface area contributed by atoms with Gasteiger partial charge in [-0.3, -0.25) is 0 Å². The molecule has 2 aromatic rings. The molecule has 96 valence electrons. The normalized spacial score (nSPS) is 12.4. The van der Waals surface area contributed by atoms with E-state index >= 15 is 0 Å². The Kier molecular flexibility index (Phi) is 4.80. The molecule has 0 fully saturated rings. The number of aryl methyl sites for hydroxylation is 1. The van der Waals surface area contributed by atoms with E-state index in [9.17, 15) is 5.11 Å². The highest BCUT2D eigenvalue weighted by Gasteiger charge is 2.13. The lowest BCUT2D eigenvalue weighted by Gasteiger charge is -2.17. The topological polar surface area (TPSA) is 32.3 Å². The number of aliphatic hydroxyl groups is 1. The number of halogens is 1. The maximum atomic E-state index is 9.54. The van der Waals surface area contributed by atoms with Crippen LogP contribution in [0.2, 0.25) is 0 Å². The van der Waals surface area contributed by atoms with Gasteiger partial charge in [-0.1, -0.05) is 19.1 Å². The van der Waals surface area contributed by atoms with Crippen molar-refractivity contribution in [3.8, 4) is 0 Å². The van der Waals surface area contributed by atoms with Gasteiger partial charge in [0.2, 0.25) is 0 Å². The Bertz CT molecular complexity index is 512. The molecule has 0 saturated carbocycles. The maximum absolute atomic E-state index is 9.54. The number of thiophene rings is 1. The molecule has 2 N–H and O–H groups in total. The van der Waals surface area contributed by atoms with Crippen LogP contribution in [0, 0.1) is 0 Å². The largest absolute Gasteiger partial charge is 0.394 e. The monoisotopic (exact) mass is 325 g/mol. The molecule has 18 heavy (non-hydrogen) atoms. The average Bonchev–Trinajstić information content (AvgIpc) is 2.86. The smallest absolute Gasteiger partial charge is 0.0838 e. The Hall–Kier alpha value is -0.840. The zero-order valence-corrected chi connectivity index (χ0v) is 12.6. The molecule has 0 aliphatic carbocycles. The zero-order chi connectivity index (χ0) is 13.0. The number of rotatable bonds is 5. The summed E-state index contributed by atoms with van der Waals surface area (Å²) in [5, 5.41) is 12.9. The van der Waals surface area contributed by atoms with Crippen molar-refractivity contribution in [2.24, 2.45) is 0 Å². The molecule has 1 unspecified atom stereocenters. The van der Waals surface area contributed by atoms with Crippen LogP contribution in [0.25, 0.3) is 0 Å². The molecule has 0 aliphatic heterocycles. The first-order valence-corrected chi connectivity index (χ1v) is 7.56. The lowest BCUT2D eigenvalue weighted by molar-refractivity contribution is 0.277.